The predicted molar refractivity (Wildman–Crippen MR) is 115 cm³/mol. The third-order valence-electron chi connectivity index (χ3n) is 5.19. The van der Waals surface area contributed by atoms with Crippen LogP contribution in [0.25, 0.3) is 27.5 Å². The van der Waals surface area contributed by atoms with E-state index in [2.05, 4.69) is 120 Å². The van der Waals surface area contributed by atoms with Crippen LogP contribution in [0.3, 0.4) is 0 Å². The Balaban J connectivity index is 1.89. The van der Waals surface area contributed by atoms with Crippen molar-refractivity contribution in [2.24, 2.45) is 0 Å². The summed E-state index contributed by atoms with van der Waals surface area (Å²) >= 11 is 0. The molecule has 0 N–H and O–H groups in total. The summed E-state index contributed by atoms with van der Waals surface area (Å²) in [6.07, 6.45) is 0. The molecule has 4 aromatic carbocycles. The molecule has 0 atom stereocenters. The molecule has 0 saturated carbocycles. The minimum absolute atomic E-state index is 1.18. The van der Waals surface area contributed by atoms with Crippen LogP contribution in [-0.4, -0.2) is 11.6 Å². The molecule has 5 rings (SSSR count). The summed E-state index contributed by atoms with van der Waals surface area (Å²) < 4.78 is 2.37. The maximum atomic E-state index is 2.37. The summed E-state index contributed by atoms with van der Waals surface area (Å²) in [5.41, 5.74) is 6.01. The largest absolute Gasteiger partial charge is 0.343 e. The number of para-hydroxylation sites is 4. The quantitative estimate of drug-likeness (QED) is 0.359. The van der Waals surface area contributed by atoms with Crippen LogP contribution in [0, 0.1) is 0 Å². The van der Waals surface area contributed by atoms with Gasteiger partial charge in [0.05, 0.1) is 16.7 Å². The fourth-order valence-corrected chi connectivity index (χ4v) is 3.91. The Bertz CT molecular complexity index is 1220. The molecule has 0 saturated heterocycles. The number of anilines is 2. The number of nitrogens with zero attached hydrogens (tertiary/aromatic N) is 2. The van der Waals surface area contributed by atoms with E-state index in [9.17, 15) is 0 Å². The zero-order valence-corrected chi connectivity index (χ0v) is 15.2. The van der Waals surface area contributed by atoms with Crippen molar-refractivity contribution in [3.63, 3.8) is 0 Å². The molecule has 0 bridgehead atoms. The van der Waals surface area contributed by atoms with E-state index in [1.54, 1.807) is 0 Å². The van der Waals surface area contributed by atoms with Gasteiger partial charge in [0.25, 0.3) is 0 Å². The first-order chi connectivity index (χ1) is 13.3. The highest BCUT2D eigenvalue weighted by Crippen LogP contribution is 2.38. The summed E-state index contributed by atoms with van der Waals surface area (Å²) in [4.78, 5) is 2.26. The minimum Gasteiger partial charge on any atom is -0.343 e. The lowest BCUT2D eigenvalue weighted by molar-refractivity contribution is 1.15. The standard InChI is InChI=1S/C25H20N2/c1-26(19-11-4-2-5-12-19)24-18-10-16-22-21-15-8-9-17-23(21)27(25(22)24)20-13-6-3-7-14-20/h2-18H,1H3. The van der Waals surface area contributed by atoms with Gasteiger partial charge < -0.3 is 9.47 Å². The Kier molecular flexibility index (Phi) is 3.68. The van der Waals surface area contributed by atoms with E-state index >= 15 is 0 Å². The Hall–Kier alpha value is -3.52. The van der Waals surface area contributed by atoms with Crippen molar-refractivity contribution in [3.8, 4) is 5.69 Å². The number of rotatable bonds is 3. The fraction of sp³-hybridized carbons (Fsp3) is 0.0400. The van der Waals surface area contributed by atoms with Gasteiger partial charge in [-0.2, -0.15) is 0 Å². The summed E-state index contributed by atoms with van der Waals surface area (Å²) in [6, 6.07) is 36.3. The molecule has 5 aromatic rings. The first-order valence-electron chi connectivity index (χ1n) is 9.21. The van der Waals surface area contributed by atoms with E-state index in [1.165, 1.54) is 38.9 Å². The highest BCUT2D eigenvalue weighted by molar-refractivity contribution is 6.13. The van der Waals surface area contributed by atoms with Crippen molar-refractivity contribution in [1.29, 1.82) is 0 Å². The van der Waals surface area contributed by atoms with Gasteiger partial charge in [0.2, 0.25) is 0 Å². The van der Waals surface area contributed by atoms with Crippen LogP contribution in [0.4, 0.5) is 11.4 Å². The summed E-state index contributed by atoms with van der Waals surface area (Å²) in [6.45, 7) is 0. The van der Waals surface area contributed by atoms with E-state index in [0.717, 1.165) is 0 Å². The van der Waals surface area contributed by atoms with Crippen LogP contribution in [0.1, 0.15) is 0 Å². The van der Waals surface area contributed by atoms with E-state index in [1.807, 2.05) is 0 Å². The molecule has 1 heterocycles. The molecule has 0 unspecified atom stereocenters. The maximum Gasteiger partial charge on any atom is 0.0778 e. The maximum absolute atomic E-state index is 2.37. The van der Waals surface area contributed by atoms with E-state index in [0.29, 0.717) is 0 Å². The van der Waals surface area contributed by atoms with Gasteiger partial charge in [-0.3, -0.25) is 0 Å². The molecule has 27 heavy (non-hydrogen) atoms. The van der Waals surface area contributed by atoms with Crippen LogP contribution in [0.2, 0.25) is 0 Å². The van der Waals surface area contributed by atoms with Gasteiger partial charge >= 0.3 is 0 Å². The van der Waals surface area contributed by atoms with Crippen molar-refractivity contribution < 1.29 is 0 Å². The molecule has 0 fully saturated rings. The van der Waals surface area contributed by atoms with E-state index in [4.69, 9.17) is 0 Å². The third kappa shape index (κ3) is 2.49. The van der Waals surface area contributed by atoms with Crippen molar-refractivity contribution in [1.82, 2.24) is 4.57 Å². The lowest BCUT2D eigenvalue weighted by Crippen LogP contribution is -2.10. The number of fused-ring (bicyclic) bond motifs is 3. The zero-order valence-electron chi connectivity index (χ0n) is 15.2. The SMILES string of the molecule is CN(c1ccccc1)c1cccc2c3ccccc3n(-c3ccccc3)c12. The average Bonchev–Trinajstić information content (AvgIpc) is 3.09. The molecule has 130 valence electrons. The molecule has 2 nitrogen and oxygen atoms in total. The van der Waals surface area contributed by atoms with Gasteiger partial charge in [-0.25, -0.2) is 0 Å². The minimum atomic E-state index is 1.18. The van der Waals surface area contributed by atoms with Gasteiger partial charge in [0.15, 0.2) is 0 Å². The molecule has 0 amide bonds. The lowest BCUT2D eigenvalue weighted by atomic mass is 10.1. The van der Waals surface area contributed by atoms with Gasteiger partial charge in [-0.1, -0.05) is 66.7 Å². The van der Waals surface area contributed by atoms with Crippen LogP contribution in [0.5, 0.6) is 0 Å². The van der Waals surface area contributed by atoms with Gasteiger partial charge in [0.1, 0.15) is 0 Å². The normalized spacial score (nSPS) is 11.1. The van der Waals surface area contributed by atoms with Crippen molar-refractivity contribution in [2.75, 3.05) is 11.9 Å². The molecule has 0 aliphatic heterocycles. The van der Waals surface area contributed by atoms with Crippen molar-refractivity contribution >= 4 is 33.2 Å². The van der Waals surface area contributed by atoms with Gasteiger partial charge in [-0.05, 0) is 36.4 Å². The number of hydrogen-bond donors (Lipinski definition) is 0. The smallest absolute Gasteiger partial charge is 0.0778 e. The molecule has 2 heteroatoms. The highest BCUT2D eigenvalue weighted by Gasteiger charge is 2.17. The Labute approximate surface area is 158 Å². The second kappa shape index (κ2) is 6.33. The van der Waals surface area contributed by atoms with Crippen LogP contribution < -0.4 is 4.90 Å². The number of aromatic nitrogens is 1. The lowest BCUT2D eigenvalue weighted by Gasteiger charge is -2.22. The van der Waals surface area contributed by atoms with Crippen molar-refractivity contribution in [2.45, 2.75) is 0 Å². The summed E-state index contributed by atoms with van der Waals surface area (Å²) in [7, 11) is 2.14. The predicted octanol–water partition coefficient (Wildman–Crippen LogP) is 6.55. The first kappa shape index (κ1) is 15.7. The van der Waals surface area contributed by atoms with Gasteiger partial charge in [-0.15, -0.1) is 0 Å². The number of benzene rings is 4. The van der Waals surface area contributed by atoms with Crippen molar-refractivity contribution in [3.05, 3.63) is 103 Å². The molecule has 0 aliphatic rings. The van der Waals surface area contributed by atoms with Crippen LogP contribution >= 0.6 is 0 Å². The van der Waals surface area contributed by atoms with Crippen LogP contribution in [0.15, 0.2) is 103 Å². The molecular weight excluding hydrogens is 328 g/mol. The fourth-order valence-electron chi connectivity index (χ4n) is 3.91. The van der Waals surface area contributed by atoms with Crippen LogP contribution in [-0.2, 0) is 0 Å². The Morgan fingerprint density at radius 2 is 1.22 bits per heavy atom. The highest BCUT2D eigenvalue weighted by atomic mass is 15.1. The molecule has 0 radical (unpaired) electrons. The second-order valence-electron chi connectivity index (χ2n) is 6.76. The number of hydrogen-bond acceptors (Lipinski definition) is 1. The summed E-state index contributed by atoms with van der Waals surface area (Å²) in [5, 5.41) is 2.55. The second-order valence-corrected chi connectivity index (χ2v) is 6.76. The first-order valence-corrected chi connectivity index (χ1v) is 9.21. The average molecular weight is 348 g/mol. The zero-order chi connectivity index (χ0) is 18.2. The topological polar surface area (TPSA) is 8.17 Å². The van der Waals surface area contributed by atoms with Gasteiger partial charge in [0, 0.05) is 29.2 Å². The Morgan fingerprint density at radius 1 is 0.593 bits per heavy atom. The Morgan fingerprint density at radius 3 is 2.00 bits per heavy atom. The molecule has 0 aliphatic carbocycles. The van der Waals surface area contributed by atoms with E-state index < -0.39 is 0 Å². The third-order valence-corrected chi connectivity index (χ3v) is 5.19. The molecular formula is C25H20N2. The molecule has 0 spiro atoms. The summed E-state index contributed by atoms with van der Waals surface area (Å²) in [5.74, 6) is 0. The molecule has 1 aromatic heterocycles. The van der Waals surface area contributed by atoms with E-state index in [-0.39, 0.29) is 0 Å². The monoisotopic (exact) mass is 348 g/mol.